The summed E-state index contributed by atoms with van der Waals surface area (Å²) in [6.07, 6.45) is 4.56. The molecule has 0 aliphatic carbocycles. The van der Waals surface area contributed by atoms with Crippen LogP contribution in [0.4, 0.5) is 0 Å². The lowest BCUT2D eigenvalue weighted by molar-refractivity contribution is 0.0934. The summed E-state index contributed by atoms with van der Waals surface area (Å²) in [5.41, 5.74) is 5.82. The number of rotatable bonds is 9. The minimum absolute atomic E-state index is 0.0174. The van der Waals surface area contributed by atoms with Gasteiger partial charge in [0.15, 0.2) is 5.11 Å². The molecule has 8 heteroatoms. The Morgan fingerprint density at radius 1 is 0.833 bits per heavy atom. The number of hydrogen-bond donors (Lipinski definition) is 3. The van der Waals surface area contributed by atoms with Gasteiger partial charge in [-0.1, -0.05) is 26.2 Å². The lowest BCUT2D eigenvalue weighted by Crippen LogP contribution is -2.48. The number of thiocarbonyl (C=S) groups is 1. The van der Waals surface area contributed by atoms with Gasteiger partial charge in [-0.2, -0.15) is 0 Å². The molecular weight excluding hydrogens is 402 g/mol. The Hall–Kier alpha value is -3.13. The van der Waals surface area contributed by atoms with Crippen LogP contribution in [-0.4, -0.2) is 30.6 Å². The minimum Gasteiger partial charge on any atom is -0.497 e. The van der Waals surface area contributed by atoms with Gasteiger partial charge in [0, 0.05) is 11.1 Å². The van der Waals surface area contributed by atoms with Crippen LogP contribution in [0.1, 0.15) is 53.3 Å². The highest BCUT2D eigenvalue weighted by atomic mass is 32.1. The first-order chi connectivity index (χ1) is 14.5. The number of benzene rings is 2. The monoisotopic (exact) mass is 429 g/mol. The van der Waals surface area contributed by atoms with Crippen LogP contribution in [-0.2, 0) is 0 Å². The number of amides is 2. The second-order valence-electron chi connectivity index (χ2n) is 6.52. The zero-order valence-corrected chi connectivity index (χ0v) is 18.0. The molecule has 0 radical (unpaired) electrons. The molecule has 0 aliphatic rings. The quantitative estimate of drug-likeness (QED) is 0.321. The van der Waals surface area contributed by atoms with Crippen LogP contribution in [0.2, 0.25) is 0 Å². The fourth-order valence-corrected chi connectivity index (χ4v) is 2.70. The summed E-state index contributed by atoms with van der Waals surface area (Å²) in [5, 5.41) is 2.48. The van der Waals surface area contributed by atoms with Crippen molar-refractivity contribution in [3.8, 4) is 11.5 Å². The largest absolute Gasteiger partial charge is 0.497 e. The van der Waals surface area contributed by atoms with E-state index in [0.717, 1.165) is 18.6 Å². The first kappa shape index (κ1) is 23.2. The molecule has 2 rings (SSSR count). The van der Waals surface area contributed by atoms with Gasteiger partial charge in [-0.3, -0.25) is 25.8 Å². The average Bonchev–Trinajstić information content (AvgIpc) is 2.77. The molecule has 0 spiro atoms. The highest BCUT2D eigenvalue weighted by Gasteiger charge is 2.10. The third kappa shape index (κ3) is 7.71. The third-order valence-electron chi connectivity index (χ3n) is 4.25. The molecule has 0 heterocycles. The first-order valence-electron chi connectivity index (χ1n) is 9.82. The Balaban J connectivity index is 1.74. The molecule has 0 saturated carbocycles. The predicted octanol–water partition coefficient (Wildman–Crippen LogP) is 3.60. The van der Waals surface area contributed by atoms with Gasteiger partial charge >= 0.3 is 0 Å². The molecule has 0 atom stereocenters. The summed E-state index contributed by atoms with van der Waals surface area (Å²) in [4.78, 5) is 24.4. The number of hydrogen-bond acceptors (Lipinski definition) is 5. The van der Waals surface area contributed by atoms with Crippen LogP contribution < -0.4 is 25.6 Å². The van der Waals surface area contributed by atoms with Gasteiger partial charge in [0.1, 0.15) is 11.5 Å². The summed E-state index contributed by atoms with van der Waals surface area (Å²) in [6, 6.07) is 13.4. The van der Waals surface area contributed by atoms with E-state index in [1.165, 1.54) is 12.8 Å². The molecule has 3 N–H and O–H groups in total. The topological polar surface area (TPSA) is 88.7 Å². The van der Waals surface area contributed by atoms with Crippen LogP contribution >= 0.6 is 12.2 Å². The Bertz CT molecular complexity index is 838. The molecular formula is C22H27N3O4S. The van der Waals surface area contributed by atoms with Crippen molar-refractivity contribution >= 4 is 29.1 Å². The number of nitrogens with one attached hydrogen (secondary N) is 3. The van der Waals surface area contributed by atoms with E-state index in [1.807, 2.05) is 0 Å². The standard InChI is InChI=1S/C22H27N3O4S/c1-3-4-5-6-15-29-19-13-9-17(10-14-19)21(27)24-25-22(30)23-20(26)16-7-11-18(28-2)12-8-16/h7-14H,3-6,15H2,1-2H3,(H,24,27)(H2,23,25,26,30). The smallest absolute Gasteiger partial charge is 0.269 e. The van der Waals surface area contributed by atoms with E-state index in [4.69, 9.17) is 21.7 Å². The van der Waals surface area contributed by atoms with Gasteiger partial charge in [0.05, 0.1) is 13.7 Å². The van der Waals surface area contributed by atoms with Crippen molar-refractivity contribution in [2.24, 2.45) is 0 Å². The van der Waals surface area contributed by atoms with Crippen LogP contribution in [0.15, 0.2) is 48.5 Å². The second kappa shape index (κ2) is 12.4. The molecule has 7 nitrogen and oxygen atoms in total. The van der Waals surface area contributed by atoms with Gasteiger partial charge in [-0.05, 0) is 67.2 Å². The Labute approximate surface area is 182 Å². The Kier molecular flexibility index (Phi) is 9.60. The van der Waals surface area contributed by atoms with E-state index >= 15 is 0 Å². The molecule has 0 bridgehead atoms. The summed E-state index contributed by atoms with van der Waals surface area (Å²) in [7, 11) is 1.55. The van der Waals surface area contributed by atoms with E-state index in [2.05, 4.69) is 23.1 Å². The lowest BCUT2D eigenvalue weighted by atomic mass is 10.2. The Morgan fingerprint density at radius 2 is 1.43 bits per heavy atom. The highest BCUT2D eigenvalue weighted by Crippen LogP contribution is 2.13. The number of hydrazine groups is 1. The van der Waals surface area contributed by atoms with Crippen molar-refractivity contribution in [1.29, 1.82) is 0 Å². The fourth-order valence-electron chi connectivity index (χ4n) is 2.56. The first-order valence-corrected chi connectivity index (χ1v) is 10.2. The van der Waals surface area contributed by atoms with Crippen molar-refractivity contribution in [1.82, 2.24) is 16.2 Å². The van der Waals surface area contributed by atoms with E-state index in [-0.39, 0.29) is 11.0 Å². The van der Waals surface area contributed by atoms with Crippen LogP contribution in [0, 0.1) is 0 Å². The van der Waals surface area contributed by atoms with Gasteiger partial charge in [0.25, 0.3) is 11.8 Å². The van der Waals surface area contributed by atoms with Crippen molar-refractivity contribution in [2.75, 3.05) is 13.7 Å². The average molecular weight is 430 g/mol. The lowest BCUT2D eigenvalue weighted by Gasteiger charge is -2.11. The van der Waals surface area contributed by atoms with Gasteiger partial charge in [0.2, 0.25) is 0 Å². The van der Waals surface area contributed by atoms with Crippen LogP contribution in [0.5, 0.6) is 11.5 Å². The molecule has 0 fully saturated rings. The maximum absolute atomic E-state index is 12.2. The molecule has 160 valence electrons. The van der Waals surface area contributed by atoms with Gasteiger partial charge < -0.3 is 9.47 Å². The normalized spacial score (nSPS) is 10.1. The Morgan fingerprint density at radius 3 is 2.03 bits per heavy atom. The van der Waals surface area contributed by atoms with E-state index < -0.39 is 5.91 Å². The molecule has 0 unspecified atom stereocenters. The number of unbranched alkanes of at least 4 members (excludes halogenated alkanes) is 3. The molecule has 2 amide bonds. The SMILES string of the molecule is CCCCCCOc1ccc(C(=O)NNC(=S)NC(=O)c2ccc(OC)cc2)cc1. The number of ether oxygens (including phenoxy) is 2. The van der Waals surface area contributed by atoms with E-state index in [0.29, 0.717) is 23.5 Å². The van der Waals surface area contributed by atoms with Crippen molar-refractivity contribution in [2.45, 2.75) is 32.6 Å². The van der Waals surface area contributed by atoms with Crippen molar-refractivity contribution in [3.05, 3.63) is 59.7 Å². The zero-order chi connectivity index (χ0) is 21.8. The summed E-state index contributed by atoms with van der Waals surface area (Å²) in [6.45, 7) is 2.83. The predicted molar refractivity (Wildman–Crippen MR) is 120 cm³/mol. The van der Waals surface area contributed by atoms with Crippen LogP contribution in [0.3, 0.4) is 0 Å². The third-order valence-corrected chi connectivity index (χ3v) is 4.46. The van der Waals surface area contributed by atoms with E-state index in [9.17, 15) is 9.59 Å². The molecule has 0 saturated heterocycles. The van der Waals surface area contributed by atoms with Crippen molar-refractivity contribution < 1.29 is 19.1 Å². The number of methoxy groups -OCH3 is 1. The highest BCUT2D eigenvalue weighted by molar-refractivity contribution is 7.80. The number of carbonyl (C=O) groups is 2. The minimum atomic E-state index is -0.398. The maximum Gasteiger partial charge on any atom is 0.269 e. The zero-order valence-electron chi connectivity index (χ0n) is 17.2. The van der Waals surface area contributed by atoms with Gasteiger partial charge in [-0.15, -0.1) is 0 Å². The molecule has 30 heavy (non-hydrogen) atoms. The summed E-state index contributed by atoms with van der Waals surface area (Å²) < 4.78 is 10.7. The summed E-state index contributed by atoms with van der Waals surface area (Å²) >= 11 is 5.04. The van der Waals surface area contributed by atoms with Crippen molar-refractivity contribution in [3.63, 3.8) is 0 Å². The number of carbonyl (C=O) groups excluding carboxylic acids is 2. The van der Waals surface area contributed by atoms with Gasteiger partial charge in [-0.25, -0.2) is 0 Å². The fraction of sp³-hybridized carbons (Fsp3) is 0.318. The molecule has 2 aromatic rings. The maximum atomic E-state index is 12.2. The molecule has 2 aromatic carbocycles. The van der Waals surface area contributed by atoms with E-state index in [1.54, 1.807) is 55.6 Å². The molecule has 0 aromatic heterocycles. The second-order valence-corrected chi connectivity index (χ2v) is 6.93. The molecule has 0 aliphatic heterocycles. The van der Waals surface area contributed by atoms with Crippen LogP contribution in [0.25, 0.3) is 0 Å². The summed E-state index contributed by atoms with van der Waals surface area (Å²) in [5.74, 6) is 0.584.